The van der Waals surface area contributed by atoms with Gasteiger partial charge in [0.25, 0.3) is 0 Å². The number of aliphatic carboxylic acids is 1. The van der Waals surface area contributed by atoms with E-state index in [-0.39, 0.29) is 0 Å². The first-order chi connectivity index (χ1) is 9.59. The number of hydrogen-bond donors (Lipinski definition) is 1. The zero-order chi connectivity index (χ0) is 14.2. The lowest BCUT2D eigenvalue weighted by Gasteiger charge is -2.30. The van der Waals surface area contributed by atoms with Crippen LogP contribution in [0, 0.1) is 0 Å². The van der Waals surface area contributed by atoms with Gasteiger partial charge < -0.3 is 5.11 Å². The first-order valence-corrected chi connectivity index (χ1v) is 6.93. The van der Waals surface area contributed by atoms with Crippen molar-refractivity contribution in [3.63, 3.8) is 0 Å². The Morgan fingerprint density at radius 1 is 1.35 bits per heavy atom. The van der Waals surface area contributed by atoms with Crippen LogP contribution in [0.3, 0.4) is 0 Å². The molecule has 1 atom stereocenters. The predicted octanol–water partition coefficient (Wildman–Crippen LogP) is 2.67. The number of pyridine rings is 1. The van der Waals surface area contributed by atoms with E-state index in [0.29, 0.717) is 13.0 Å². The summed E-state index contributed by atoms with van der Waals surface area (Å²) in [5.74, 6) is -0.740. The minimum atomic E-state index is -0.757. The number of fused-ring (bicyclic) bond motifs is 1. The topological polar surface area (TPSA) is 53.4 Å². The number of nitrogens with zero attached hydrogens (tertiary/aromatic N) is 2. The van der Waals surface area contributed by atoms with Crippen LogP contribution in [0.1, 0.15) is 25.5 Å². The van der Waals surface area contributed by atoms with Gasteiger partial charge in [0, 0.05) is 11.9 Å². The number of likely N-dealkylation sites (tertiary alicyclic amines) is 1. The highest BCUT2D eigenvalue weighted by molar-refractivity contribution is 5.79. The molecule has 1 aromatic carbocycles. The van der Waals surface area contributed by atoms with Crippen molar-refractivity contribution >= 4 is 16.9 Å². The summed E-state index contributed by atoms with van der Waals surface area (Å²) in [7, 11) is 0. The number of aromatic nitrogens is 1. The number of hydrogen-bond acceptors (Lipinski definition) is 3. The monoisotopic (exact) mass is 270 g/mol. The molecule has 1 N–H and O–H groups in total. The molecule has 0 bridgehead atoms. The van der Waals surface area contributed by atoms with Crippen molar-refractivity contribution in [2.75, 3.05) is 6.54 Å². The summed E-state index contributed by atoms with van der Waals surface area (Å²) in [6.07, 6.45) is 1.63. The van der Waals surface area contributed by atoms with E-state index in [9.17, 15) is 9.90 Å². The Hall–Kier alpha value is -1.94. The summed E-state index contributed by atoms with van der Waals surface area (Å²) in [6, 6.07) is 12.0. The van der Waals surface area contributed by atoms with Crippen LogP contribution in [-0.4, -0.2) is 33.0 Å². The first kappa shape index (κ1) is 13.1. The largest absolute Gasteiger partial charge is 0.480 e. The zero-order valence-electron chi connectivity index (χ0n) is 11.5. The van der Waals surface area contributed by atoms with E-state index in [4.69, 9.17) is 0 Å². The Labute approximate surface area is 118 Å². The molecule has 1 unspecified atom stereocenters. The molecule has 1 aromatic heterocycles. The van der Waals surface area contributed by atoms with E-state index in [1.807, 2.05) is 48.2 Å². The van der Waals surface area contributed by atoms with Gasteiger partial charge in [0.15, 0.2) is 0 Å². The molecule has 0 saturated carbocycles. The Balaban J connectivity index is 1.87. The highest BCUT2D eigenvalue weighted by Crippen LogP contribution is 2.30. The van der Waals surface area contributed by atoms with Gasteiger partial charge in [-0.25, -0.2) is 0 Å². The molecule has 2 heterocycles. The standard InChI is InChI=1S/C16H18N2O2/c1-16(15(19)20)9-4-10-18(16)11-13-8-7-12-5-2-3-6-14(12)17-13/h2-3,5-8H,4,9-11H2,1H3,(H,19,20). The summed E-state index contributed by atoms with van der Waals surface area (Å²) in [5, 5.41) is 10.5. The molecule has 20 heavy (non-hydrogen) atoms. The second-order valence-electron chi connectivity index (χ2n) is 5.60. The van der Waals surface area contributed by atoms with E-state index in [1.54, 1.807) is 0 Å². The molecule has 4 heteroatoms. The van der Waals surface area contributed by atoms with Crippen molar-refractivity contribution in [1.29, 1.82) is 0 Å². The molecule has 3 rings (SSSR count). The number of benzene rings is 1. The van der Waals surface area contributed by atoms with Crippen molar-refractivity contribution in [1.82, 2.24) is 9.88 Å². The van der Waals surface area contributed by atoms with Crippen LogP contribution in [0.2, 0.25) is 0 Å². The van der Waals surface area contributed by atoms with Gasteiger partial charge in [0.2, 0.25) is 0 Å². The Morgan fingerprint density at radius 3 is 2.95 bits per heavy atom. The molecule has 1 saturated heterocycles. The van der Waals surface area contributed by atoms with Crippen LogP contribution in [0.25, 0.3) is 10.9 Å². The van der Waals surface area contributed by atoms with Crippen LogP contribution in [0.4, 0.5) is 0 Å². The molecule has 0 spiro atoms. The summed E-state index contributed by atoms with van der Waals surface area (Å²) in [6.45, 7) is 3.22. The zero-order valence-corrected chi connectivity index (χ0v) is 11.5. The number of carboxylic acid groups (broad SMARTS) is 1. The average Bonchev–Trinajstić information content (AvgIpc) is 2.81. The molecule has 4 nitrogen and oxygen atoms in total. The minimum Gasteiger partial charge on any atom is -0.480 e. The molecule has 1 fully saturated rings. The summed E-state index contributed by atoms with van der Waals surface area (Å²) >= 11 is 0. The molecule has 0 amide bonds. The highest BCUT2D eigenvalue weighted by atomic mass is 16.4. The lowest BCUT2D eigenvalue weighted by molar-refractivity contribution is -0.148. The first-order valence-electron chi connectivity index (χ1n) is 6.93. The van der Waals surface area contributed by atoms with Gasteiger partial charge >= 0.3 is 5.97 Å². The maximum absolute atomic E-state index is 11.5. The third-order valence-corrected chi connectivity index (χ3v) is 4.26. The Kier molecular flexibility index (Phi) is 3.18. The molecule has 0 radical (unpaired) electrons. The fraction of sp³-hybridized carbons (Fsp3) is 0.375. The van der Waals surface area contributed by atoms with Gasteiger partial charge in [0.05, 0.1) is 11.2 Å². The van der Waals surface area contributed by atoms with Crippen LogP contribution < -0.4 is 0 Å². The molecule has 104 valence electrons. The Bertz CT molecular complexity index is 656. The van der Waals surface area contributed by atoms with Crippen LogP contribution >= 0.6 is 0 Å². The van der Waals surface area contributed by atoms with Crippen molar-refractivity contribution in [3.05, 3.63) is 42.1 Å². The van der Waals surface area contributed by atoms with Crippen LogP contribution in [0.15, 0.2) is 36.4 Å². The van der Waals surface area contributed by atoms with E-state index in [2.05, 4.69) is 4.98 Å². The SMILES string of the molecule is CC1(C(=O)O)CCCN1Cc1ccc2ccccc2n1. The van der Waals surface area contributed by atoms with E-state index >= 15 is 0 Å². The normalized spacial score (nSPS) is 23.2. The average molecular weight is 270 g/mol. The minimum absolute atomic E-state index is 0.591. The number of carboxylic acids is 1. The van der Waals surface area contributed by atoms with Crippen molar-refractivity contribution in [2.45, 2.75) is 31.8 Å². The third kappa shape index (κ3) is 2.16. The van der Waals surface area contributed by atoms with E-state index < -0.39 is 11.5 Å². The van der Waals surface area contributed by atoms with Crippen molar-refractivity contribution < 1.29 is 9.90 Å². The predicted molar refractivity (Wildman–Crippen MR) is 77.4 cm³/mol. The smallest absolute Gasteiger partial charge is 0.323 e. The third-order valence-electron chi connectivity index (χ3n) is 4.26. The van der Waals surface area contributed by atoms with Gasteiger partial charge in [-0.15, -0.1) is 0 Å². The van der Waals surface area contributed by atoms with Gasteiger partial charge in [-0.2, -0.15) is 0 Å². The summed E-state index contributed by atoms with van der Waals surface area (Å²) in [5.41, 5.74) is 1.13. The second-order valence-corrected chi connectivity index (χ2v) is 5.60. The summed E-state index contributed by atoms with van der Waals surface area (Å²) in [4.78, 5) is 18.1. The fourth-order valence-corrected chi connectivity index (χ4v) is 2.91. The fourth-order valence-electron chi connectivity index (χ4n) is 2.91. The number of rotatable bonds is 3. The molecular formula is C16H18N2O2. The van der Waals surface area contributed by atoms with Crippen LogP contribution in [0.5, 0.6) is 0 Å². The molecule has 1 aliphatic heterocycles. The van der Waals surface area contributed by atoms with Gasteiger partial charge in [-0.3, -0.25) is 14.7 Å². The van der Waals surface area contributed by atoms with Crippen LogP contribution in [-0.2, 0) is 11.3 Å². The molecular weight excluding hydrogens is 252 g/mol. The van der Waals surface area contributed by atoms with E-state index in [0.717, 1.165) is 29.6 Å². The van der Waals surface area contributed by atoms with Gasteiger partial charge in [0.1, 0.15) is 5.54 Å². The summed E-state index contributed by atoms with van der Waals surface area (Å²) < 4.78 is 0. The molecule has 2 aromatic rings. The lowest BCUT2D eigenvalue weighted by atomic mass is 9.99. The maximum atomic E-state index is 11.5. The molecule has 0 aliphatic carbocycles. The number of carbonyl (C=O) groups is 1. The van der Waals surface area contributed by atoms with Crippen molar-refractivity contribution in [3.8, 4) is 0 Å². The maximum Gasteiger partial charge on any atom is 0.323 e. The lowest BCUT2D eigenvalue weighted by Crippen LogP contribution is -2.47. The molecule has 1 aliphatic rings. The number of para-hydroxylation sites is 1. The Morgan fingerprint density at radius 2 is 2.15 bits per heavy atom. The van der Waals surface area contributed by atoms with Gasteiger partial charge in [-0.05, 0) is 38.4 Å². The van der Waals surface area contributed by atoms with Gasteiger partial charge in [-0.1, -0.05) is 24.3 Å². The quantitative estimate of drug-likeness (QED) is 0.931. The van der Waals surface area contributed by atoms with E-state index in [1.165, 1.54) is 0 Å². The van der Waals surface area contributed by atoms with Crippen molar-refractivity contribution in [2.24, 2.45) is 0 Å². The highest BCUT2D eigenvalue weighted by Gasteiger charge is 2.43. The second kappa shape index (κ2) is 4.87.